The molecule has 1 N–H and O–H groups in total. The summed E-state index contributed by atoms with van der Waals surface area (Å²) in [6, 6.07) is 27.5. The van der Waals surface area contributed by atoms with Gasteiger partial charge < -0.3 is 5.21 Å². The zero-order chi connectivity index (χ0) is 17.5. The molecule has 0 aliphatic rings. The molecule has 3 aromatic carbocycles. The summed E-state index contributed by atoms with van der Waals surface area (Å²) < 4.78 is 0. The van der Waals surface area contributed by atoms with Crippen molar-refractivity contribution in [3.8, 4) is 11.8 Å². The lowest BCUT2D eigenvalue weighted by Crippen LogP contribution is -2.24. The summed E-state index contributed by atoms with van der Waals surface area (Å²) in [5.74, 6) is 6.40. The molecular formula is C23H21NO. The Hall–Kier alpha value is -2.86. The third-order valence-electron chi connectivity index (χ3n) is 4.01. The normalized spacial score (nSPS) is 11.6. The van der Waals surface area contributed by atoms with E-state index in [0.29, 0.717) is 6.54 Å². The molecule has 0 amide bonds. The van der Waals surface area contributed by atoms with Gasteiger partial charge in [-0.15, -0.1) is 0 Å². The molecule has 1 atom stereocenters. The molecule has 0 aliphatic heterocycles. The average Bonchev–Trinajstić information content (AvgIpc) is 2.65. The highest BCUT2D eigenvalue weighted by Gasteiger charge is 2.16. The highest BCUT2D eigenvalue weighted by atomic mass is 16.5. The molecule has 25 heavy (non-hydrogen) atoms. The van der Waals surface area contributed by atoms with Gasteiger partial charge in [-0.3, -0.25) is 0 Å². The summed E-state index contributed by atoms with van der Waals surface area (Å²) in [7, 11) is 0. The Morgan fingerprint density at radius 3 is 2.08 bits per heavy atom. The van der Waals surface area contributed by atoms with Crippen LogP contribution in [0, 0.1) is 18.8 Å². The molecule has 0 unspecified atom stereocenters. The summed E-state index contributed by atoms with van der Waals surface area (Å²) >= 11 is 0. The summed E-state index contributed by atoms with van der Waals surface area (Å²) in [6.07, 6.45) is 0. The fraction of sp³-hybridized carbons (Fsp3) is 0.130. The Kier molecular flexibility index (Phi) is 5.64. The smallest absolute Gasteiger partial charge is 0.121 e. The fourth-order valence-corrected chi connectivity index (χ4v) is 2.62. The van der Waals surface area contributed by atoms with E-state index in [9.17, 15) is 5.21 Å². The Morgan fingerprint density at radius 1 is 0.840 bits per heavy atom. The highest BCUT2D eigenvalue weighted by molar-refractivity contribution is 5.39. The molecule has 3 rings (SSSR count). The standard InChI is InChI=1S/C23H21NO/c1-19-12-14-20(15-13-19)16-17-23(22-10-6-3-7-11-22)24(25)18-21-8-4-2-5-9-21/h2-15,23,25H,18H2,1H3/t23-/m0/s1. The second-order valence-electron chi connectivity index (χ2n) is 6.03. The van der Waals surface area contributed by atoms with Gasteiger partial charge in [0.05, 0.1) is 6.54 Å². The van der Waals surface area contributed by atoms with Gasteiger partial charge in [-0.25, -0.2) is 0 Å². The van der Waals surface area contributed by atoms with Gasteiger partial charge in [-0.1, -0.05) is 90.2 Å². The highest BCUT2D eigenvalue weighted by Crippen LogP contribution is 2.20. The zero-order valence-corrected chi connectivity index (χ0v) is 14.3. The van der Waals surface area contributed by atoms with Gasteiger partial charge in [-0.2, -0.15) is 5.06 Å². The first-order chi connectivity index (χ1) is 12.2. The summed E-state index contributed by atoms with van der Waals surface area (Å²) in [5, 5.41) is 12.0. The molecule has 0 spiro atoms. The van der Waals surface area contributed by atoms with Crippen LogP contribution in [0.1, 0.15) is 28.3 Å². The number of hydroxylamine groups is 2. The zero-order valence-electron chi connectivity index (χ0n) is 14.3. The van der Waals surface area contributed by atoms with Gasteiger partial charge in [-0.05, 0) is 30.2 Å². The lowest BCUT2D eigenvalue weighted by atomic mass is 10.1. The van der Waals surface area contributed by atoms with E-state index in [4.69, 9.17) is 0 Å². The number of benzene rings is 3. The van der Waals surface area contributed by atoms with Crippen molar-refractivity contribution in [3.63, 3.8) is 0 Å². The predicted molar refractivity (Wildman–Crippen MR) is 101 cm³/mol. The Morgan fingerprint density at radius 2 is 1.44 bits per heavy atom. The van der Waals surface area contributed by atoms with Gasteiger partial charge in [0.1, 0.15) is 6.04 Å². The second kappa shape index (κ2) is 8.30. The van der Waals surface area contributed by atoms with Gasteiger partial charge in [0, 0.05) is 5.56 Å². The fourth-order valence-electron chi connectivity index (χ4n) is 2.62. The second-order valence-corrected chi connectivity index (χ2v) is 6.03. The maximum absolute atomic E-state index is 10.7. The van der Waals surface area contributed by atoms with Crippen molar-refractivity contribution >= 4 is 0 Å². The largest absolute Gasteiger partial charge is 0.312 e. The van der Waals surface area contributed by atoms with Crippen LogP contribution < -0.4 is 0 Å². The van der Waals surface area contributed by atoms with Crippen LogP contribution in [0.15, 0.2) is 84.9 Å². The number of hydrogen-bond acceptors (Lipinski definition) is 2. The Balaban J connectivity index is 1.86. The van der Waals surface area contributed by atoms with E-state index in [1.165, 1.54) is 10.6 Å². The van der Waals surface area contributed by atoms with Gasteiger partial charge in [0.15, 0.2) is 0 Å². The number of hydrogen-bond donors (Lipinski definition) is 1. The summed E-state index contributed by atoms with van der Waals surface area (Å²) in [6.45, 7) is 2.47. The molecular weight excluding hydrogens is 306 g/mol. The third-order valence-corrected chi connectivity index (χ3v) is 4.01. The van der Waals surface area contributed by atoms with Gasteiger partial charge >= 0.3 is 0 Å². The van der Waals surface area contributed by atoms with Crippen molar-refractivity contribution in [2.75, 3.05) is 0 Å². The minimum atomic E-state index is -0.386. The monoisotopic (exact) mass is 327 g/mol. The van der Waals surface area contributed by atoms with Crippen LogP contribution in [0.25, 0.3) is 0 Å². The van der Waals surface area contributed by atoms with Crippen LogP contribution in [-0.4, -0.2) is 10.3 Å². The van der Waals surface area contributed by atoms with E-state index >= 15 is 0 Å². The van der Waals surface area contributed by atoms with Crippen molar-refractivity contribution in [1.82, 2.24) is 5.06 Å². The van der Waals surface area contributed by atoms with Crippen molar-refractivity contribution in [2.45, 2.75) is 19.5 Å². The van der Waals surface area contributed by atoms with Crippen LogP contribution in [0.3, 0.4) is 0 Å². The van der Waals surface area contributed by atoms with Gasteiger partial charge in [0.25, 0.3) is 0 Å². The molecule has 2 heteroatoms. The van der Waals surface area contributed by atoms with E-state index in [2.05, 4.69) is 18.8 Å². The molecule has 3 aromatic rings. The average molecular weight is 327 g/mol. The molecule has 0 fully saturated rings. The predicted octanol–water partition coefficient (Wildman–Crippen LogP) is 4.98. The van der Waals surface area contributed by atoms with Crippen LogP contribution in [0.2, 0.25) is 0 Å². The first kappa shape index (κ1) is 17.0. The van der Waals surface area contributed by atoms with E-state index in [-0.39, 0.29) is 6.04 Å². The van der Waals surface area contributed by atoms with Crippen molar-refractivity contribution in [2.24, 2.45) is 0 Å². The van der Waals surface area contributed by atoms with Crippen LogP contribution in [-0.2, 0) is 6.54 Å². The maximum atomic E-state index is 10.7. The third kappa shape index (κ3) is 4.81. The molecule has 0 aromatic heterocycles. The lowest BCUT2D eigenvalue weighted by molar-refractivity contribution is -0.121. The van der Waals surface area contributed by atoms with E-state index in [1.807, 2.05) is 84.9 Å². The molecule has 2 nitrogen and oxygen atoms in total. The topological polar surface area (TPSA) is 23.5 Å². The molecule has 0 heterocycles. The molecule has 0 bridgehead atoms. The number of rotatable bonds is 4. The Bertz CT molecular complexity index is 845. The minimum absolute atomic E-state index is 0.386. The van der Waals surface area contributed by atoms with Crippen LogP contribution >= 0.6 is 0 Å². The maximum Gasteiger partial charge on any atom is 0.121 e. The van der Waals surface area contributed by atoms with Gasteiger partial charge in [0.2, 0.25) is 0 Å². The first-order valence-corrected chi connectivity index (χ1v) is 8.35. The molecule has 0 saturated carbocycles. The quantitative estimate of drug-likeness (QED) is 0.540. The minimum Gasteiger partial charge on any atom is -0.312 e. The van der Waals surface area contributed by atoms with E-state index in [1.54, 1.807) is 0 Å². The van der Waals surface area contributed by atoms with Crippen molar-refractivity contribution in [3.05, 3.63) is 107 Å². The molecule has 0 saturated heterocycles. The first-order valence-electron chi connectivity index (χ1n) is 8.35. The molecule has 124 valence electrons. The lowest BCUT2D eigenvalue weighted by Gasteiger charge is -2.22. The SMILES string of the molecule is Cc1ccc(C#C[C@@H](c2ccccc2)N(O)Cc2ccccc2)cc1. The molecule has 0 aliphatic carbocycles. The number of nitrogens with zero attached hydrogens (tertiary/aromatic N) is 1. The Labute approximate surface area is 149 Å². The van der Waals surface area contributed by atoms with Crippen LogP contribution in [0.4, 0.5) is 0 Å². The van der Waals surface area contributed by atoms with Crippen molar-refractivity contribution in [1.29, 1.82) is 0 Å². The van der Waals surface area contributed by atoms with E-state index in [0.717, 1.165) is 16.7 Å². The van der Waals surface area contributed by atoms with E-state index < -0.39 is 0 Å². The summed E-state index contributed by atoms with van der Waals surface area (Å²) in [5.41, 5.74) is 4.17. The summed E-state index contributed by atoms with van der Waals surface area (Å²) in [4.78, 5) is 0. The number of aryl methyl sites for hydroxylation is 1. The van der Waals surface area contributed by atoms with Crippen LogP contribution in [0.5, 0.6) is 0 Å². The molecule has 0 radical (unpaired) electrons. The van der Waals surface area contributed by atoms with Crippen molar-refractivity contribution < 1.29 is 5.21 Å².